The first-order valence-electron chi connectivity index (χ1n) is 8.71. The molecule has 146 valence electrons. The van der Waals surface area contributed by atoms with Gasteiger partial charge in [0.1, 0.15) is 10.8 Å². The van der Waals surface area contributed by atoms with Gasteiger partial charge in [0, 0.05) is 11.0 Å². The van der Waals surface area contributed by atoms with Gasteiger partial charge in [0.2, 0.25) is 0 Å². The molecule has 0 spiro atoms. The number of methoxy groups -OCH3 is 1. The number of fused-ring (bicyclic) bond motifs is 1. The molecule has 0 saturated heterocycles. The number of esters is 1. The zero-order valence-corrected chi connectivity index (χ0v) is 16.1. The fraction of sp³-hybridized carbons (Fsp3) is 0.250. The molecule has 2 aromatic rings. The molecule has 0 radical (unpaired) electrons. The van der Waals surface area contributed by atoms with Gasteiger partial charge in [-0.25, -0.2) is 4.79 Å². The zero-order chi connectivity index (χ0) is 20.1. The Morgan fingerprint density at radius 2 is 1.96 bits per heavy atom. The summed E-state index contributed by atoms with van der Waals surface area (Å²) >= 11 is 1.35. The molecule has 0 aliphatic heterocycles. The summed E-state index contributed by atoms with van der Waals surface area (Å²) in [5.41, 5.74) is 7.55. The Hall–Kier alpha value is -3.13. The quantitative estimate of drug-likeness (QED) is 0.549. The summed E-state index contributed by atoms with van der Waals surface area (Å²) in [5, 5.41) is 3.05. The Morgan fingerprint density at radius 3 is 2.64 bits per heavy atom. The lowest BCUT2D eigenvalue weighted by Gasteiger charge is -2.06. The minimum Gasteiger partial charge on any atom is -0.497 e. The maximum absolute atomic E-state index is 12.1. The van der Waals surface area contributed by atoms with Crippen LogP contribution in [0.5, 0.6) is 5.75 Å². The van der Waals surface area contributed by atoms with E-state index in [0.717, 1.165) is 35.3 Å². The average Bonchev–Trinajstić information content (AvgIpc) is 3.25. The van der Waals surface area contributed by atoms with Crippen molar-refractivity contribution in [1.82, 2.24) is 0 Å². The summed E-state index contributed by atoms with van der Waals surface area (Å²) in [7, 11) is 1.57. The van der Waals surface area contributed by atoms with Crippen LogP contribution in [0.3, 0.4) is 0 Å². The third-order valence-electron chi connectivity index (χ3n) is 4.29. The van der Waals surface area contributed by atoms with Gasteiger partial charge >= 0.3 is 5.97 Å². The monoisotopic (exact) mass is 400 g/mol. The van der Waals surface area contributed by atoms with Crippen LogP contribution in [0, 0.1) is 0 Å². The minimum absolute atomic E-state index is 0.372. The van der Waals surface area contributed by atoms with Crippen LogP contribution in [-0.2, 0) is 27.2 Å². The standard InChI is InChI=1S/C20H20N2O5S/c1-26-13-8-5-12(6-9-13)7-10-17(24)27-11-16(23)22-20-18(19(21)25)14-3-2-4-15(14)28-20/h5-10H,2-4,11H2,1H3,(H2,21,25)(H,22,23). The lowest BCUT2D eigenvalue weighted by molar-refractivity contribution is -0.142. The molecular weight excluding hydrogens is 380 g/mol. The number of anilines is 1. The van der Waals surface area contributed by atoms with Crippen molar-refractivity contribution in [3.05, 3.63) is 51.9 Å². The van der Waals surface area contributed by atoms with Gasteiger partial charge in [0.15, 0.2) is 6.61 Å². The SMILES string of the molecule is COc1ccc(C=CC(=O)OCC(=O)Nc2sc3c(c2C(N)=O)CCC3)cc1. The Balaban J connectivity index is 1.53. The number of nitrogens with two attached hydrogens (primary N) is 1. The van der Waals surface area contributed by atoms with Gasteiger partial charge < -0.3 is 20.5 Å². The van der Waals surface area contributed by atoms with Crippen LogP contribution >= 0.6 is 11.3 Å². The number of benzene rings is 1. The summed E-state index contributed by atoms with van der Waals surface area (Å²) in [4.78, 5) is 36.7. The van der Waals surface area contributed by atoms with E-state index in [1.54, 1.807) is 37.5 Å². The van der Waals surface area contributed by atoms with Gasteiger partial charge in [-0.2, -0.15) is 0 Å². The van der Waals surface area contributed by atoms with Crippen molar-refractivity contribution in [3.8, 4) is 5.75 Å². The second-order valence-electron chi connectivity index (χ2n) is 6.19. The van der Waals surface area contributed by atoms with Crippen LogP contribution in [0.15, 0.2) is 30.3 Å². The summed E-state index contributed by atoms with van der Waals surface area (Å²) in [6, 6.07) is 7.12. The van der Waals surface area contributed by atoms with Crippen molar-refractivity contribution >= 4 is 40.2 Å². The molecule has 0 unspecified atom stereocenters. The van der Waals surface area contributed by atoms with E-state index >= 15 is 0 Å². The summed E-state index contributed by atoms with van der Waals surface area (Å²) in [6.07, 6.45) is 5.46. The van der Waals surface area contributed by atoms with E-state index in [1.165, 1.54) is 17.4 Å². The molecule has 1 aliphatic carbocycles. The highest BCUT2D eigenvalue weighted by atomic mass is 32.1. The molecular formula is C20H20N2O5S. The van der Waals surface area contributed by atoms with Crippen molar-refractivity contribution in [2.45, 2.75) is 19.3 Å². The van der Waals surface area contributed by atoms with E-state index in [0.29, 0.717) is 16.3 Å². The fourth-order valence-electron chi connectivity index (χ4n) is 2.98. The van der Waals surface area contributed by atoms with Gasteiger partial charge in [-0.1, -0.05) is 12.1 Å². The Kier molecular flexibility index (Phi) is 6.10. The van der Waals surface area contributed by atoms with E-state index in [9.17, 15) is 14.4 Å². The minimum atomic E-state index is -0.644. The summed E-state index contributed by atoms with van der Waals surface area (Å²) in [6.45, 7) is -0.452. The molecule has 28 heavy (non-hydrogen) atoms. The van der Waals surface area contributed by atoms with Crippen molar-refractivity contribution in [2.24, 2.45) is 5.73 Å². The van der Waals surface area contributed by atoms with Crippen molar-refractivity contribution in [2.75, 3.05) is 19.0 Å². The smallest absolute Gasteiger partial charge is 0.331 e. The lowest BCUT2D eigenvalue weighted by Crippen LogP contribution is -2.22. The molecule has 0 bridgehead atoms. The number of aryl methyl sites for hydroxylation is 1. The van der Waals surface area contributed by atoms with E-state index in [1.807, 2.05) is 0 Å². The summed E-state index contributed by atoms with van der Waals surface area (Å²) < 4.78 is 10.0. The first kappa shape index (κ1) is 19.6. The van der Waals surface area contributed by atoms with Crippen LogP contribution in [0.1, 0.15) is 32.8 Å². The molecule has 0 saturated carbocycles. The number of carbonyl (C=O) groups excluding carboxylic acids is 3. The molecule has 3 N–H and O–H groups in total. The predicted octanol–water partition coefficient (Wildman–Crippen LogP) is 2.54. The van der Waals surface area contributed by atoms with Gasteiger partial charge in [-0.15, -0.1) is 11.3 Å². The highest BCUT2D eigenvalue weighted by Crippen LogP contribution is 2.38. The van der Waals surface area contributed by atoms with Crippen LogP contribution in [0.25, 0.3) is 6.08 Å². The number of amides is 2. The first-order chi connectivity index (χ1) is 13.5. The van der Waals surface area contributed by atoms with Crippen LogP contribution in [0.4, 0.5) is 5.00 Å². The molecule has 1 aromatic heterocycles. The number of thiophene rings is 1. The largest absolute Gasteiger partial charge is 0.497 e. The zero-order valence-electron chi connectivity index (χ0n) is 15.3. The fourth-order valence-corrected chi connectivity index (χ4v) is 4.29. The Labute approximate surface area is 166 Å². The van der Waals surface area contributed by atoms with Gasteiger partial charge in [0.25, 0.3) is 11.8 Å². The van der Waals surface area contributed by atoms with Crippen LogP contribution < -0.4 is 15.8 Å². The van der Waals surface area contributed by atoms with Crippen molar-refractivity contribution < 1.29 is 23.9 Å². The maximum Gasteiger partial charge on any atom is 0.331 e. The molecule has 2 amide bonds. The second-order valence-corrected chi connectivity index (χ2v) is 7.29. The van der Waals surface area contributed by atoms with E-state index < -0.39 is 24.4 Å². The van der Waals surface area contributed by atoms with E-state index in [2.05, 4.69) is 5.32 Å². The van der Waals surface area contributed by atoms with E-state index in [-0.39, 0.29) is 0 Å². The van der Waals surface area contributed by atoms with Crippen molar-refractivity contribution in [1.29, 1.82) is 0 Å². The highest BCUT2D eigenvalue weighted by molar-refractivity contribution is 7.17. The number of hydrogen-bond donors (Lipinski definition) is 2. The lowest BCUT2D eigenvalue weighted by atomic mass is 10.1. The molecule has 0 fully saturated rings. The highest BCUT2D eigenvalue weighted by Gasteiger charge is 2.26. The molecule has 1 heterocycles. The van der Waals surface area contributed by atoms with E-state index in [4.69, 9.17) is 15.2 Å². The number of nitrogens with one attached hydrogen (secondary N) is 1. The molecule has 0 atom stereocenters. The third kappa shape index (κ3) is 4.58. The Bertz CT molecular complexity index is 931. The maximum atomic E-state index is 12.1. The number of ether oxygens (including phenoxy) is 2. The second kappa shape index (κ2) is 8.71. The van der Waals surface area contributed by atoms with Crippen molar-refractivity contribution in [3.63, 3.8) is 0 Å². The number of hydrogen-bond acceptors (Lipinski definition) is 6. The molecule has 3 rings (SSSR count). The van der Waals surface area contributed by atoms with Gasteiger partial charge in [-0.3, -0.25) is 9.59 Å². The van der Waals surface area contributed by atoms with Gasteiger partial charge in [-0.05, 0) is 48.6 Å². The number of rotatable bonds is 7. The molecule has 7 nitrogen and oxygen atoms in total. The first-order valence-corrected chi connectivity index (χ1v) is 9.52. The molecule has 1 aromatic carbocycles. The predicted molar refractivity (Wildman–Crippen MR) is 106 cm³/mol. The van der Waals surface area contributed by atoms with Crippen LogP contribution in [-0.4, -0.2) is 31.5 Å². The summed E-state index contributed by atoms with van der Waals surface area (Å²) in [5.74, 6) is -1.01. The third-order valence-corrected chi connectivity index (χ3v) is 5.50. The normalized spacial score (nSPS) is 12.6. The van der Waals surface area contributed by atoms with Gasteiger partial charge in [0.05, 0.1) is 12.7 Å². The molecule has 1 aliphatic rings. The Morgan fingerprint density at radius 1 is 1.21 bits per heavy atom. The average molecular weight is 400 g/mol. The number of primary amides is 1. The molecule has 8 heteroatoms. The van der Waals surface area contributed by atoms with Crippen LogP contribution in [0.2, 0.25) is 0 Å². The number of carbonyl (C=O) groups is 3. The topological polar surface area (TPSA) is 108 Å².